The summed E-state index contributed by atoms with van der Waals surface area (Å²) < 4.78 is 0.922. The van der Waals surface area contributed by atoms with Crippen molar-refractivity contribution in [3.63, 3.8) is 0 Å². The quantitative estimate of drug-likeness (QED) is 0.880. The molecule has 0 aromatic heterocycles. The molecule has 2 nitrogen and oxygen atoms in total. The summed E-state index contributed by atoms with van der Waals surface area (Å²) in [7, 11) is 0. The molecule has 0 saturated carbocycles. The molecule has 0 amide bonds. The molecule has 13 heavy (non-hydrogen) atoms. The number of hydrogen-bond donors (Lipinski definition) is 2. The Morgan fingerprint density at radius 2 is 2.23 bits per heavy atom. The molecule has 0 radical (unpaired) electrons. The van der Waals surface area contributed by atoms with E-state index < -0.39 is 0 Å². The highest BCUT2D eigenvalue weighted by Gasteiger charge is 2.04. The molecule has 2 N–H and O–H groups in total. The first-order chi connectivity index (χ1) is 6.15. The van der Waals surface area contributed by atoms with Crippen molar-refractivity contribution >= 4 is 33.2 Å². The van der Waals surface area contributed by atoms with Crippen LogP contribution in [0.3, 0.4) is 0 Å². The van der Waals surface area contributed by atoms with Gasteiger partial charge >= 0.3 is 0 Å². The number of benzene rings is 1. The third kappa shape index (κ3) is 2.86. The lowest BCUT2D eigenvalue weighted by atomic mass is 10.2. The van der Waals surface area contributed by atoms with Gasteiger partial charge in [0.2, 0.25) is 0 Å². The SMILES string of the molecule is Cc1cc(Cl)cc(Br)c1NCCO. The molecule has 0 unspecified atom stereocenters. The van der Waals surface area contributed by atoms with Gasteiger partial charge in [0.15, 0.2) is 0 Å². The maximum absolute atomic E-state index is 8.66. The van der Waals surface area contributed by atoms with Crippen LogP contribution in [0.5, 0.6) is 0 Å². The van der Waals surface area contributed by atoms with E-state index in [2.05, 4.69) is 21.2 Å². The summed E-state index contributed by atoms with van der Waals surface area (Å²) in [5.74, 6) is 0. The summed E-state index contributed by atoms with van der Waals surface area (Å²) in [5.41, 5.74) is 2.05. The number of hydrogen-bond acceptors (Lipinski definition) is 2. The van der Waals surface area contributed by atoms with Gasteiger partial charge in [-0.3, -0.25) is 0 Å². The zero-order valence-electron chi connectivity index (χ0n) is 7.27. The highest BCUT2D eigenvalue weighted by atomic mass is 79.9. The van der Waals surface area contributed by atoms with Gasteiger partial charge in [0, 0.05) is 16.0 Å². The van der Waals surface area contributed by atoms with E-state index in [-0.39, 0.29) is 6.61 Å². The fourth-order valence-electron chi connectivity index (χ4n) is 1.11. The molecule has 0 aliphatic rings. The molecule has 0 heterocycles. The van der Waals surface area contributed by atoms with Gasteiger partial charge in [-0.2, -0.15) is 0 Å². The summed E-state index contributed by atoms with van der Waals surface area (Å²) >= 11 is 9.25. The molecular weight excluding hydrogens is 253 g/mol. The molecule has 0 saturated heterocycles. The third-order valence-electron chi connectivity index (χ3n) is 1.67. The van der Waals surface area contributed by atoms with Crippen molar-refractivity contribution in [2.24, 2.45) is 0 Å². The summed E-state index contributed by atoms with van der Waals surface area (Å²) in [6, 6.07) is 3.71. The number of aliphatic hydroxyl groups excluding tert-OH is 1. The number of aliphatic hydroxyl groups is 1. The first-order valence-corrected chi connectivity index (χ1v) is 5.12. The second kappa shape index (κ2) is 4.84. The van der Waals surface area contributed by atoms with Crippen LogP contribution in [-0.2, 0) is 0 Å². The molecule has 0 aliphatic heterocycles. The predicted octanol–water partition coefficient (Wildman–Crippen LogP) is 2.82. The molecule has 0 spiro atoms. The van der Waals surface area contributed by atoms with Gasteiger partial charge in [-0.05, 0) is 40.5 Å². The van der Waals surface area contributed by atoms with E-state index in [9.17, 15) is 0 Å². The molecule has 72 valence electrons. The van der Waals surface area contributed by atoms with Crippen molar-refractivity contribution in [3.05, 3.63) is 27.2 Å². The van der Waals surface area contributed by atoms with E-state index in [1.165, 1.54) is 0 Å². The van der Waals surface area contributed by atoms with E-state index in [0.29, 0.717) is 11.6 Å². The van der Waals surface area contributed by atoms with Gasteiger partial charge in [-0.15, -0.1) is 0 Å². The molecule has 0 atom stereocenters. The van der Waals surface area contributed by atoms with Crippen LogP contribution in [0.15, 0.2) is 16.6 Å². The van der Waals surface area contributed by atoms with E-state index in [1.54, 1.807) is 0 Å². The lowest BCUT2D eigenvalue weighted by Crippen LogP contribution is -2.07. The monoisotopic (exact) mass is 263 g/mol. The molecule has 0 aliphatic carbocycles. The average Bonchev–Trinajstić information content (AvgIpc) is 2.02. The second-order valence-electron chi connectivity index (χ2n) is 2.73. The molecule has 1 aromatic carbocycles. The van der Waals surface area contributed by atoms with Crippen LogP contribution in [-0.4, -0.2) is 18.3 Å². The molecule has 1 rings (SSSR count). The molecule has 4 heteroatoms. The largest absolute Gasteiger partial charge is 0.395 e. The summed E-state index contributed by atoms with van der Waals surface area (Å²) in [5, 5.41) is 12.5. The second-order valence-corrected chi connectivity index (χ2v) is 4.02. The fraction of sp³-hybridized carbons (Fsp3) is 0.333. The Morgan fingerprint density at radius 3 is 2.77 bits per heavy atom. The van der Waals surface area contributed by atoms with Crippen LogP contribution in [0.1, 0.15) is 5.56 Å². The van der Waals surface area contributed by atoms with Crippen molar-refractivity contribution < 1.29 is 5.11 Å². The lowest BCUT2D eigenvalue weighted by Gasteiger charge is -2.10. The minimum absolute atomic E-state index is 0.120. The number of rotatable bonds is 3. The Kier molecular flexibility index (Phi) is 4.03. The first kappa shape index (κ1) is 10.8. The summed E-state index contributed by atoms with van der Waals surface area (Å²) in [4.78, 5) is 0. The van der Waals surface area contributed by atoms with Crippen LogP contribution in [0.2, 0.25) is 5.02 Å². The number of halogens is 2. The van der Waals surface area contributed by atoms with Crippen molar-refractivity contribution in [1.82, 2.24) is 0 Å². The van der Waals surface area contributed by atoms with Crippen molar-refractivity contribution in [2.75, 3.05) is 18.5 Å². The fourth-order valence-corrected chi connectivity index (χ4v) is 2.21. The van der Waals surface area contributed by atoms with Gasteiger partial charge in [0.1, 0.15) is 0 Å². The summed E-state index contributed by atoms with van der Waals surface area (Å²) in [6.07, 6.45) is 0. The molecule has 0 fully saturated rings. The smallest absolute Gasteiger partial charge is 0.0604 e. The van der Waals surface area contributed by atoms with Crippen LogP contribution < -0.4 is 5.32 Å². The van der Waals surface area contributed by atoms with Gasteiger partial charge in [0.25, 0.3) is 0 Å². The minimum atomic E-state index is 0.120. The van der Waals surface area contributed by atoms with Gasteiger partial charge < -0.3 is 10.4 Å². The Morgan fingerprint density at radius 1 is 1.54 bits per heavy atom. The van der Waals surface area contributed by atoms with Crippen molar-refractivity contribution in [1.29, 1.82) is 0 Å². The standard InChI is InChI=1S/C9H11BrClNO/c1-6-4-7(11)5-8(10)9(6)12-2-3-13/h4-5,12-13H,2-3H2,1H3. The van der Waals surface area contributed by atoms with E-state index in [1.807, 2.05) is 19.1 Å². The number of aryl methyl sites for hydroxylation is 1. The van der Waals surface area contributed by atoms with E-state index in [0.717, 1.165) is 15.7 Å². The van der Waals surface area contributed by atoms with Crippen molar-refractivity contribution in [3.8, 4) is 0 Å². The zero-order valence-corrected chi connectivity index (χ0v) is 9.61. The Bertz CT molecular complexity index is 281. The average molecular weight is 265 g/mol. The predicted molar refractivity (Wildman–Crippen MR) is 59.5 cm³/mol. The molecule has 0 bridgehead atoms. The van der Waals surface area contributed by atoms with Crippen LogP contribution in [0, 0.1) is 6.92 Å². The van der Waals surface area contributed by atoms with Crippen LogP contribution in [0.4, 0.5) is 5.69 Å². The maximum Gasteiger partial charge on any atom is 0.0604 e. The third-order valence-corrected chi connectivity index (χ3v) is 2.51. The number of anilines is 1. The minimum Gasteiger partial charge on any atom is -0.395 e. The van der Waals surface area contributed by atoms with E-state index >= 15 is 0 Å². The van der Waals surface area contributed by atoms with Gasteiger partial charge in [-0.1, -0.05) is 11.6 Å². The molecular formula is C9H11BrClNO. The Balaban J connectivity index is 2.92. The summed E-state index contributed by atoms with van der Waals surface area (Å²) in [6.45, 7) is 2.63. The van der Waals surface area contributed by atoms with Gasteiger partial charge in [-0.25, -0.2) is 0 Å². The highest BCUT2D eigenvalue weighted by Crippen LogP contribution is 2.29. The van der Waals surface area contributed by atoms with Crippen molar-refractivity contribution in [2.45, 2.75) is 6.92 Å². The van der Waals surface area contributed by atoms with Crippen LogP contribution in [0.25, 0.3) is 0 Å². The Labute approximate surface area is 91.0 Å². The van der Waals surface area contributed by atoms with Crippen LogP contribution >= 0.6 is 27.5 Å². The molecule has 1 aromatic rings. The normalized spacial score (nSPS) is 10.2. The Hall–Kier alpha value is -0.250. The lowest BCUT2D eigenvalue weighted by molar-refractivity contribution is 0.311. The maximum atomic E-state index is 8.66. The zero-order chi connectivity index (χ0) is 9.84. The highest BCUT2D eigenvalue weighted by molar-refractivity contribution is 9.10. The van der Waals surface area contributed by atoms with Gasteiger partial charge in [0.05, 0.1) is 12.3 Å². The van der Waals surface area contributed by atoms with E-state index in [4.69, 9.17) is 16.7 Å². The number of nitrogens with one attached hydrogen (secondary N) is 1. The first-order valence-electron chi connectivity index (χ1n) is 3.95. The topological polar surface area (TPSA) is 32.3 Å².